The maximum absolute atomic E-state index is 13.0. The number of carbonyl (C=O) groups excluding carboxylic acids is 1. The summed E-state index contributed by atoms with van der Waals surface area (Å²) in [4.78, 5) is 12.6. The topological polar surface area (TPSA) is 84.9 Å². The van der Waals surface area contributed by atoms with Crippen molar-refractivity contribution in [3.05, 3.63) is 53.1 Å². The van der Waals surface area contributed by atoms with Gasteiger partial charge in [0.05, 0.1) is 18.6 Å². The minimum Gasteiger partial charge on any atom is -0.496 e. The van der Waals surface area contributed by atoms with Crippen molar-refractivity contribution in [1.82, 2.24) is 9.62 Å². The minimum atomic E-state index is -3.54. The van der Waals surface area contributed by atoms with Crippen molar-refractivity contribution in [2.75, 3.05) is 33.4 Å². The Morgan fingerprint density at radius 3 is 2.55 bits per heavy atom. The number of amides is 1. The molecular formula is C25H34N2O5S. The summed E-state index contributed by atoms with van der Waals surface area (Å²) in [6.07, 6.45) is 3.44. The molecule has 0 aliphatic carbocycles. The summed E-state index contributed by atoms with van der Waals surface area (Å²) in [5.41, 5.74) is 2.96. The number of aryl methyl sites for hydroxylation is 2. The van der Waals surface area contributed by atoms with Crippen LogP contribution in [0.15, 0.2) is 41.3 Å². The second-order valence-electron chi connectivity index (χ2n) is 8.33. The molecule has 7 nitrogen and oxygen atoms in total. The van der Waals surface area contributed by atoms with Crippen LogP contribution in [0.1, 0.15) is 42.4 Å². The van der Waals surface area contributed by atoms with Gasteiger partial charge in [-0.05, 0) is 74.1 Å². The summed E-state index contributed by atoms with van der Waals surface area (Å²) in [7, 11) is -1.99. The molecule has 1 N–H and O–H groups in total. The average molecular weight is 475 g/mol. The van der Waals surface area contributed by atoms with Gasteiger partial charge in [0, 0.05) is 19.5 Å². The standard InChI is InChI=1S/C25H34N2O5S/c1-19-8-7-9-23(20(19)2)32-17-14-26-25(28)13-10-21-18-22(11-12-24(21)31-3)33(29,30)27-15-5-4-6-16-27/h7-9,11-12,18H,4-6,10,13-17H2,1-3H3,(H,26,28). The molecule has 0 bridgehead atoms. The van der Waals surface area contributed by atoms with E-state index in [9.17, 15) is 13.2 Å². The van der Waals surface area contributed by atoms with Gasteiger partial charge in [-0.1, -0.05) is 18.6 Å². The lowest BCUT2D eigenvalue weighted by Crippen LogP contribution is -2.35. The number of nitrogens with one attached hydrogen (secondary N) is 1. The molecule has 0 spiro atoms. The van der Waals surface area contributed by atoms with Crippen LogP contribution in [-0.4, -0.2) is 52.0 Å². The Morgan fingerprint density at radius 2 is 1.82 bits per heavy atom. The van der Waals surface area contributed by atoms with Crippen molar-refractivity contribution in [3.63, 3.8) is 0 Å². The van der Waals surface area contributed by atoms with Gasteiger partial charge in [0.25, 0.3) is 0 Å². The smallest absolute Gasteiger partial charge is 0.243 e. The fourth-order valence-corrected chi connectivity index (χ4v) is 5.50. The first-order valence-electron chi connectivity index (χ1n) is 11.5. The number of rotatable bonds is 10. The molecule has 2 aromatic rings. The summed E-state index contributed by atoms with van der Waals surface area (Å²) >= 11 is 0. The maximum Gasteiger partial charge on any atom is 0.243 e. The van der Waals surface area contributed by atoms with Crippen molar-refractivity contribution in [2.45, 2.75) is 50.8 Å². The predicted molar refractivity (Wildman–Crippen MR) is 128 cm³/mol. The molecule has 0 saturated carbocycles. The highest BCUT2D eigenvalue weighted by molar-refractivity contribution is 7.89. The number of carbonyl (C=O) groups is 1. The molecule has 3 rings (SSSR count). The van der Waals surface area contributed by atoms with Crippen molar-refractivity contribution in [2.24, 2.45) is 0 Å². The van der Waals surface area contributed by atoms with Crippen LogP contribution in [0.4, 0.5) is 0 Å². The quantitative estimate of drug-likeness (QED) is 0.532. The number of hydrogen-bond donors (Lipinski definition) is 1. The van der Waals surface area contributed by atoms with Crippen LogP contribution < -0.4 is 14.8 Å². The van der Waals surface area contributed by atoms with Gasteiger partial charge in [0.1, 0.15) is 18.1 Å². The lowest BCUT2D eigenvalue weighted by Gasteiger charge is -2.26. The molecule has 180 valence electrons. The summed E-state index contributed by atoms with van der Waals surface area (Å²) in [6.45, 7) is 5.92. The van der Waals surface area contributed by atoms with Crippen LogP contribution in [0, 0.1) is 13.8 Å². The fourth-order valence-electron chi connectivity index (χ4n) is 3.93. The van der Waals surface area contributed by atoms with Crippen molar-refractivity contribution >= 4 is 15.9 Å². The van der Waals surface area contributed by atoms with Gasteiger partial charge in [-0.3, -0.25) is 4.79 Å². The highest BCUT2D eigenvalue weighted by Gasteiger charge is 2.26. The molecule has 0 unspecified atom stereocenters. The molecule has 1 saturated heterocycles. The monoisotopic (exact) mass is 474 g/mol. The lowest BCUT2D eigenvalue weighted by atomic mass is 10.1. The molecule has 1 aliphatic heterocycles. The molecule has 0 aromatic heterocycles. The Balaban J connectivity index is 1.54. The number of methoxy groups -OCH3 is 1. The first-order valence-corrected chi connectivity index (χ1v) is 12.9. The van der Waals surface area contributed by atoms with E-state index in [2.05, 4.69) is 5.32 Å². The van der Waals surface area contributed by atoms with E-state index >= 15 is 0 Å². The van der Waals surface area contributed by atoms with Crippen molar-refractivity contribution < 1.29 is 22.7 Å². The third-order valence-electron chi connectivity index (χ3n) is 6.06. The second kappa shape index (κ2) is 11.5. The molecule has 33 heavy (non-hydrogen) atoms. The van der Waals surface area contributed by atoms with E-state index in [1.807, 2.05) is 32.0 Å². The molecule has 1 heterocycles. The second-order valence-corrected chi connectivity index (χ2v) is 10.3. The number of nitrogens with zero attached hydrogens (tertiary/aromatic N) is 1. The minimum absolute atomic E-state index is 0.120. The van der Waals surface area contributed by atoms with Gasteiger partial charge in [0.2, 0.25) is 15.9 Å². The van der Waals surface area contributed by atoms with E-state index in [-0.39, 0.29) is 17.2 Å². The van der Waals surface area contributed by atoms with Crippen molar-refractivity contribution in [3.8, 4) is 11.5 Å². The molecule has 0 radical (unpaired) electrons. The zero-order valence-corrected chi connectivity index (χ0v) is 20.5. The van der Waals surface area contributed by atoms with Gasteiger partial charge in [-0.15, -0.1) is 0 Å². The number of benzene rings is 2. The largest absolute Gasteiger partial charge is 0.496 e. The third-order valence-corrected chi connectivity index (χ3v) is 7.96. The Kier molecular flexibility index (Phi) is 8.74. The molecule has 1 aliphatic rings. The average Bonchev–Trinajstić information content (AvgIpc) is 2.83. The van der Waals surface area contributed by atoms with Crippen LogP contribution in [0.5, 0.6) is 11.5 Å². The van der Waals surface area contributed by atoms with Gasteiger partial charge in [-0.2, -0.15) is 4.31 Å². The Bertz CT molecular complexity index is 1060. The van der Waals surface area contributed by atoms with E-state index in [4.69, 9.17) is 9.47 Å². The van der Waals surface area contributed by atoms with Gasteiger partial charge >= 0.3 is 0 Å². The summed E-state index contributed by atoms with van der Waals surface area (Å²) < 4.78 is 38.7. The SMILES string of the molecule is COc1ccc(S(=O)(=O)N2CCCCC2)cc1CCC(=O)NCCOc1cccc(C)c1C. The van der Waals surface area contributed by atoms with E-state index in [1.165, 1.54) is 0 Å². The van der Waals surface area contributed by atoms with Crippen LogP contribution in [-0.2, 0) is 21.2 Å². The van der Waals surface area contributed by atoms with E-state index < -0.39 is 10.0 Å². The molecule has 1 fully saturated rings. The number of piperidine rings is 1. The Labute approximate surface area is 197 Å². The Hall–Kier alpha value is -2.58. The van der Waals surface area contributed by atoms with E-state index in [1.54, 1.807) is 29.6 Å². The number of ether oxygens (including phenoxy) is 2. The normalized spacial score (nSPS) is 14.6. The van der Waals surface area contributed by atoms with Crippen molar-refractivity contribution in [1.29, 1.82) is 0 Å². The van der Waals surface area contributed by atoms with Crippen LogP contribution in [0.25, 0.3) is 0 Å². The summed E-state index contributed by atoms with van der Waals surface area (Å²) in [5.74, 6) is 1.28. The number of hydrogen-bond acceptors (Lipinski definition) is 5. The van der Waals surface area contributed by atoms with Gasteiger partial charge in [-0.25, -0.2) is 8.42 Å². The molecular weight excluding hydrogens is 440 g/mol. The predicted octanol–water partition coefficient (Wildman–Crippen LogP) is 3.61. The highest BCUT2D eigenvalue weighted by Crippen LogP contribution is 2.27. The molecule has 8 heteroatoms. The molecule has 2 aromatic carbocycles. The van der Waals surface area contributed by atoms with Gasteiger partial charge < -0.3 is 14.8 Å². The highest BCUT2D eigenvalue weighted by atomic mass is 32.2. The lowest BCUT2D eigenvalue weighted by molar-refractivity contribution is -0.121. The molecule has 0 atom stereocenters. The summed E-state index contributed by atoms with van der Waals surface area (Å²) in [6, 6.07) is 10.8. The zero-order chi connectivity index (χ0) is 23.8. The number of sulfonamides is 1. The van der Waals surface area contributed by atoms with Crippen LogP contribution in [0.3, 0.4) is 0 Å². The first kappa shape index (κ1) is 25.1. The van der Waals surface area contributed by atoms with E-state index in [0.29, 0.717) is 44.0 Å². The zero-order valence-electron chi connectivity index (χ0n) is 19.7. The maximum atomic E-state index is 13.0. The Morgan fingerprint density at radius 1 is 1.06 bits per heavy atom. The van der Waals surface area contributed by atoms with Crippen LogP contribution >= 0.6 is 0 Å². The summed E-state index contributed by atoms with van der Waals surface area (Å²) in [5, 5.41) is 2.86. The van der Waals surface area contributed by atoms with Crippen LogP contribution in [0.2, 0.25) is 0 Å². The van der Waals surface area contributed by atoms with E-state index in [0.717, 1.165) is 36.1 Å². The molecule has 1 amide bonds. The first-order chi connectivity index (χ1) is 15.8. The fraction of sp³-hybridized carbons (Fsp3) is 0.480. The van der Waals surface area contributed by atoms with Gasteiger partial charge in [0.15, 0.2) is 0 Å². The third kappa shape index (κ3) is 6.48.